The van der Waals surface area contributed by atoms with Crippen molar-refractivity contribution in [2.75, 3.05) is 0 Å². The van der Waals surface area contributed by atoms with Crippen LogP contribution < -0.4 is 16.6 Å². The lowest BCUT2D eigenvalue weighted by atomic mass is 10.1. The Balaban J connectivity index is 3.43. The second kappa shape index (κ2) is 6.37. The Morgan fingerprint density at radius 2 is 2.18 bits per heavy atom. The zero-order chi connectivity index (χ0) is 8.69. The minimum atomic E-state index is 0.305. The summed E-state index contributed by atoms with van der Waals surface area (Å²) >= 11 is 4.65. The van der Waals surface area contributed by atoms with E-state index in [2.05, 4.69) is 36.9 Å². The number of nitrogens with one attached hydrogen (secondary N) is 2. The highest BCUT2D eigenvalue weighted by Gasteiger charge is 2.02. The molecule has 0 amide bonds. The maximum Gasteiger partial charge on any atom is 0.178 e. The number of thiocarbonyl (C=S) groups is 1. The van der Waals surface area contributed by atoms with Gasteiger partial charge in [-0.3, -0.25) is 5.43 Å². The number of hydrogen-bond donors (Lipinski definition) is 3. The zero-order valence-electron chi connectivity index (χ0n) is 7.18. The van der Waals surface area contributed by atoms with Crippen LogP contribution in [0.4, 0.5) is 0 Å². The molecule has 4 heteroatoms. The standard InChI is InChI=1S/C7H17N3S/c1-3-5-6(4-2)9-10-7(8)11/h6,9H,3-5H2,1-2H3,(H3,8,10,11). The first kappa shape index (κ1) is 10.7. The summed E-state index contributed by atoms with van der Waals surface area (Å²) in [5.41, 5.74) is 11.0. The van der Waals surface area contributed by atoms with Gasteiger partial charge in [0.15, 0.2) is 5.11 Å². The van der Waals surface area contributed by atoms with Gasteiger partial charge < -0.3 is 5.73 Å². The average molecular weight is 175 g/mol. The van der Waals surface area contributed by atoms with Crippen molar-refractivity contribution >= 4 is 17.3 Å². The molecule has 0 aliphatic rings. The second-order valence-corrected chi connectivity index (χ2v) is 2.97. The minimum absolute atomic E-state index is 0.305. The van der Waals surface area contributed by atoms with Gasteiger partial charge in [0.05, 0.1) is 0 Å². The molecular weight excluding hydrogens is 158 g/mol. The molecule has 0 aliphatic carbocycles. The first-order valence-electron chi connectivity index (χ1n) is 4.01. The summed E-state index contributed by atoms with van der Waals surface area (Å²) in [5, 5.41) is 0.305. The van der Waals surface area contributed by atoms with Gasteiger partial charge in [-0.15, -0.1) is 0 Å². The predicted molar refractivity (Wildman–Crippen MR) is 52.0 cm³/mol. The molecule has 0 spiro atoms. The molecule has 0 fully saturated rings. The van der Waals surface area contributed by atoms with Crippen LogP contribution in [0.1, 0.15) is 33.1 Å². The van der Waals surface area contributed by atoms with E-state index in [1.54, 1.807) is 0 Å². The van der Waals surface area contributed by atoms with Crippen LogP contribution in [0.15, 0.2) is 0 Å². The normalized spacial score (nSPS) is 12.5. The monoisotopic (exact) mass is 175 g/mol. The van der Waals surface area contributed by atoms with E-state index >= 15 is 0 Å². The second-order valence-electron chi connectivity index (χ2n) is 2.53. The third-order valence-electron chi connectivity index (χ3n) is 1.53. The fourth-order valence-corrected chi connectivity index (χ4v) is 0.959. The first-order chi connectivity index (χ1) is 5.20. The summed E-state index contributed by atoms with van der Waals surface area (Å²) in [4.78, 5) is 0. The van der Waals surface area contributed by atoms with E-state index in [0.717, 1.165) is 12.8 Å². The molecule has 0 radical (unpaired) electrons. The van der Waals surface area contributed by atoms with Crippen LogP contribution in [0, 0.1) is 0 Å². The van der Waals surface area contributed by atoms with Crippen molar-refractivity contribution in [3.05, 3.63) is 0 Å². The van der Waals surface area contributed by atoms with E-state index in [0.29, 0.717) is 11.2 Å². The van der Waals surface area contributed by atoms with Crippen molar-refractivity contribution in [2.24, 2.45) is 5.73 Å². The Morgan fingerprint density at radius 3 is 2.55 bits per heavy atom. The van der Waals surface area contributed by atoms with E-state index in [9.17, 15) is 0 Å². The third kappa shape index (κ3) is 6.06. The van der Waals surface area contributed by atoms with Crippen molar-refractivity contribution in [1.82, 2.24) is 10.9 Å². The van der Waals surface area contributed by atoms with Gasteiger partial charge in [-0.2, -0.15) is 0 Å². The number of rotatable bonds is 5. The summed E-state index contributed by atoms with van der Waals surface area (Å²) in [5.74, 6) is 0. The van der Waals surface area contributed by atoms with Crippen LogP contribution in [-0.4, -0.2) is 11.2 Å². The quantitative estimate of drug-likeness (QED) is 0.429. The van der Waals surface area contributed by atoms with Crippen LogP contribution in [0.3, 0.4) is 0 Å². The molecule has 0 rings (SSSR count). The first-order valence-corrected chi connectivity index (χ1v) is 4.42. The van der Waals surface area contributed by atoms with Gasteiger partial charge in [-0.05, 0) is 25.1 Å². The molecule has 1 atom stereocenters. The third-order valence-corrected chi connectivity index (χ3v) is 1.63. The van der Waals surface area contributed by atoms with Crippen molar-refractivity contribution in [3.8, 4) is 0 Å². The smallest absolute Gasteiger partial charge is 0.178 e. The number of hydrogen-bond acceptors (Lipinski definition) is 2. The highest BCUT2D eigenvalue weighted by atomic mass is 32.1. The Morgan fingerprint density at radius 1 is 1.55 bits per heavy atom. The fourth-order valence-electron chi connectivity index (χ4n) is 0.900. The van der Waals surface area contributed by atoms with E-state index in [-0.39, 0.29) is 0 Å². The van der Waals surface area contributed by atoms with Gasteiger partial charge in [-0.1, -0.05) is 20.3 Å². The lowest BCUT2D eigenvalue weighted by molar-refractivity contribution is 0.444. The maximum absolute atomic E-state index is 5.25. The van der Waals surface area contributed by atoms with Crippen molar-refractivity contribution in [2.45, 2.75) is 39.2 Å². The Bertz CT molecular complexity index is 116. The molecule has 0 saturated carbocycles. The molecule has 0 aromatic heterocycles. The summed E-state index contributed by atoms with van der Waals surface area (Å²) < 4.78 is 0. The van der Waals surface area contributed by atoms with E-state index in [1.165, 1.54) is 6.42 Å². The van der Waals surface area contributed by atoms with Crippen LogP contribution in [-0.2, 0) is 0 Å². The fraction of sp³-hybridized carbons (Fsp3) is 0.857. The largest absolute Gasteiger partial charge is 0.375 e. The molecule has 3 nitrogen and oxygen atoms in total. The van der Waals surface area contributed by atoms with Gasteiger partial charge in [0.25, 0.3) is 0 Å². The van der Waals surface area contributed by atoms with Gasteiger partial charge >= 0.3 is 0 Å². The van der Waals surface area contributed by atoms with Gasteiger partial charge in [0, 0.05) is 6.04 Å². The molecule has 0 heterocycles. The van der Waals surface area contributed by atoms with Crippen LogP contribution in [0.5, 0.6) is 0 Å². The summed E-state index contributed by atoms with van der Waals surface area (Å²) in [6.07, 6.45) is 3.40. The number of hydrazine groups is 1. The van der Waals surface area contributed by atoms with E-state index < -0.39 is 0 Å². The molecule has 11 heavy (non-hydrogen) atoms. The van der Waals surface area contributed by atoms with Crippen molar-refractivity contribution in [3.63, 3.8) is 0 Å². The van der Waals surface area contributed by atoms with Crippen LogP contribution in [0.25, 0.3) is 0 Å². The average Bonchev–Trinajstić information content (AvgIpc) is 1.97. The molecule has 0 aliphatic heterocycles. The zero-order valence-corrected chi connectivity index (χ0v) is 8.00. The van der Waals surface area contributed by atoms with Crippen LogP contribution >= 0.6 is 12.2 Å². The number of nitrogens with two attached hydrogens (primary N) is 1. The highest BCUT2D eigenvalue weighted by Crippen LogP contribution is 1.98. The van der Waals surface area contributed by atoms with Gasteiger partial charge in [0.2, 0.25) is 0 Å². The van der Waals surface area contributed by atoms with Gasteiger partial charge in [0.1, 0.15) is 0 Å². The molecule has 0 aromatic carbocycles. The Kier molecular flexibility index (Phi) is 6.16. The summed E-state index contributed by atoms with van der Waals surface area (Å²) in [6, 6.07) is 0.474. The molecule has 0 saturated heterocycles. The summed E-state index contributed by atoms with van der Waals surface area (Å²) in [7, 11) is 0. The van der Waals surface area contributed by atoms with E-state index in [1.807, 2.05) is 0 Å². The Hall–Kier alpha value is -0.350. The Labute approximate surface area is 73.7 Å². The molecule has 4 N–H and O–H groups in total. The van der Waals surface area contributed by atoms with Crippen LogP contribution in [0.2, 0.25) is 0 Å². The van der Waals surface area contributed by atoms with E-state index in [4.69, 9.17) is 5.73 Å². The van der Waals surface area contributed by atoms with Crippen molar-refractivity contribution < 1.29 is 0 Å². The molecular formula is C7H17N3S. The lowest BCUT2D eigenvalue weighted by Crippen LogP contribution is -2.46. The highest BCUT2D eigenvalue weighted by molar-refractivity contribution is 7.80. The lowest BCUT2D eigenvalue weighted by Gasteiger charge is -2.16. The minimum Gasteiger partial charge on any atom is -0.375 e. The van der Waals surface area contributed by atoms with Gasteiger partial charge in [-0.25, -0.2) is 5.43 Å². The molecule has 0 aromatic rings. The molecule has 0 bridgehead atoms. The van der Waals surface area contributed by atoms with Crippen molar-refractivity contribution in [1.29, 1.82) is 0 Å². The SMILES string of the molecule is CCCC(CC)NNC(N)=S. The summed E-state index contributed by atoms with van der Waals surface area (Å²) in [6.45, 7) is 4.29. The predicted octanol–water partition coefficient (Wildman–Crippen LogP) is 0.903. The molecule has 1 unspecified atom stereocenters. The maximum atomic E-state index is 5.25. The molecule has 66 valence electrons. The topological polar surface area (TPSA) is 50.1 Å².